The Balaban J connectivity index is 3.23. The summed E-state index contributed by atoms with van der Waals surface area (Å²) in [6.07, 6.45) is 7.88. The molecule has 0 fully saturated rings. The molecule has 0 saturated carbocycles. The number of alkyl halides is 1. The molecule has 2 nitrogen and oxygen atoms in total. The van der Waals surface area contributed by atoms with Gasteiger partial charge in [-0.15, -0.1) is 11.6 Å². The van der Waals surface area contributed by atoms with E-state index in [2.05, 4.69) is 0 Å². The monoisotopic (exact) mass is 280 g/mol. The van der Waals surface area contributed by atoms with Gasteiger partial charge in [0.25, 0.3) is 0 Å². The minimum absolute atomic E-state index is 0.154. The van der Waals surface area contributed by atoms with E-state index in [1.54, 1.807) is 0 Å². The second kappa shape index (κ2) is 14.5. The van der Waals surface area contributed by atoms with Gasteiger partial charge in [0.15, 0.2) is 0 Å². The molecule has 0 aliphatic heterocycles. The fourth-order valence-electron chi connectivity index (χ4n) is 1.88. The molecule has 0 aromatic rings. The van der Waals surface area contributed by atoms with Gasteiger partial charge in [-0.3, -0.25) is 0 Å². The summed E-state index contributed by atoms with van der Waals surface area (Å²) in [4.78, 5) is 0. The van der Waals surface area contributed by atoms with Crippen LogP contribution >= 0.6 is 11.6 Å². The third-order valence-corrected chi connectivity index (χ3v) is 4.90. The second-order valence-electron chi connectivity index (χ2n) is 4.29. The van der Waals surface area contributed by atoms with Crippen molar-refractivity contribution < 1.29 is 9.47 Å². The SMILES string of the molecule is CCOC(OCC)[SiH2]CCCCCCCCCl. The normalized spacial score (nSPS) is 12.0. The van der Waals surface area contributed by atoms with E-state index in [1.165, 1.54) is 44.6 Å². The van der Waals surface area contributed by atoms with E-state index < -0.39 is 0 Å². The number of hydrogen-bond donors (Lipinski definition) is 0. The van der Waals surface area contributed by atoms with Gasteiger partial charge in [-0.1, -0.05) is 38.1 Å². The average molecular weight is 281 g/mol. The molecular weight excluding hydrogens is 252 g/mol. The largest absolute Gasteiger partial charge is 0.357 e. The number of ether oxygens (including phenoxy) is 2. The minimum atomic E-state index is -0.206. The van der Waals surface area contributed by atoms with E-state index in [0.717, 1.165) is 19.1 Å². The molecule has 0 rings (SSSR count). The molecule has 104 valence electrons. The number of unbranched alkanes of at least 4 members (excludes halogenated alkanes) is 5. The predicted octanol–water partition coefficient (Wildman–Crippen LogP) is 3.51. The third-order valence-electron chi connectivity index (χ3n) is 2.78. The van der Waals surface area contributed by atoms with Crippen LogP contribution in [0.15, 0.2) is 0 Å². The second-order valence-corrected chi connectivity index (χ2v) is 6.62. The highest BCUT2D eigenvalue weighted by atomic mass is 35.5. The van der Waals surface area contributed by atoms with Crippen LogP contribution in [0.4, 0.5) is 0 Å². The summed E-state index contributed by atoms with van der Waals surface area (Å²) >= 11 is 5.64. The van der Waals surface area contributed by atoms with Gasteiger partial charge in [0, 0.05) is 19.1 Å². The first kappa shape index (κ1) is 17.4. The van der Waals surface area contributed by atoms with Crippen LogP contribution in [0.5, 0.6) is 0 Å². The van der Waals surface area contributed by atoms with Gasteiger partial charge in [-0.05, 0) is 20.3 Å². The number of hydrogen-bond acceptors (Lipinski definition) is 2. The zero-order chi connectivity index (χ0) is 12.8. The first-order chi connectivity index (χ1) is 8.35. The lowest BCUT2D eigenvalue weighted by Gasteiger charge is -2.16. The first-order valence-corrected chi connectivity index (χ1v) is 9.49. The summed E-state index contributed by atoms with van der Waals surface area (Å²) in [7, 11) is -0.206. The summed E-state index contributed by atoms with van der Waals surface area (Å²) in [5, 5.41) is 0. The smallest absolute Gasteiger partial charge is 0.134 e. The molecule has 4 heteroatoms. The maximum atomic E-state index is 5.64. The van der Waals surface area contributed by atoms with Crippen molar-refractivity contribution in [3.05, 3.63) is 0 Å². The molecule has 0 amide bonds. The highest BCUT2D eigenvalue weighted by Crippen LogP contribution is 2.09. The van der Waals surface area contributed by atoms with E-state index in [4.69, 9.17) is 21.1 Å². The highest BCUT2D eigenvalue weighted by Gasteiger charge is 2.07. The molecule has 0 unspecified atom stereocenters. The summed E-state index contributed by atoms with van der Waals surface area (Å²) in [6.45, 7) is 5.63. The Kier molecular flexibility index (Phi) is 14.9. The van der Waals surface area contributed by atoms with Gasteiger partial charge < -0.3 is 9.47 Å². The van der Waals surface area contributed by atoms with Crippen molar-refractivity contribution in [2.45, 2.75) is 64.3 Å². The van der Waals surface area contributed by atoms with Crippen LogP contribution in [0, 0.1) is 0 Å². The Morgan fingerprint density at radius 2 is 1.41 bits per heavy atom. The summed E-state index contributed by atoms with van der Waals surface area (Å²) in [6, 6.07) is 1.35. The molecule has 0 aliphatic carbocycles. The molecular formula is C13H29ClO2Si. The van der Waals surface area contributed by atoms with E-state index in [-0.39, 0.29) is 15.4 Å². The first-order valence-electron chi connectivity index (χ1n) is 7.14. The average Bonchev–Trinajstić information content (AvgIpc) is 2.33. The van der Waals surface area contributed by atoms with Crippen LogP contribution in [0.3, 0.4) is 0 Å². The van der Waals surface area contributed by atoms with Crippen molar-refractivity contribution in [1.82, 2.24) is 0 Å². The fraction of sp³-hybridized carbons (Fsp3) is 1.00. The molecule has 0 aliphatic rings. The van der Waals surface area contributed by atoms with Crippen molar-refractivity contribution in [2.24, 2.45) is 0 Å². The zero-order valence-corrected chi connectivity index (χ0v) is 13.7. The lowest BCUT2D eigenvalue weighted by molar-refractivity contribution is -0.0827. The van der Waals surface area contributed by atoms with E-state index in [0.29, 0.717) is 0 Å². The Morgan fingerprint density at radius 1 is 0.882 bits per heavy atom. The van der Waals surface area contributed by atoms with E-state index >= 15 is 0 Å². The maximum absolute atomic E-state index is 5.64. The Hall–Kier alpha value is 0.427. The summed E-state index contributed by atoms with van der Waals surface area (Å²) in [5.41, 5.74) is 0. The van der Waals surface area contributed by atoms with Gasteiger partial charge in [-0.25, -0.2) is 0 Å². The lowest BCUT2D eigenvalue weighted by Crippen LogP contribution is -2.24. The fourth-order valence-corrected chi connectivity index (χ4v) is 3.85. The third kappa shape index (κ3) is 12.7. The van der Waals surface area contributed by atoms with Gasteiger partial charge in [0.2, 0.25) is 0 Å². The van der Waals surface area contributed by atoms with Crippen LogP contribution in [-0.2, 0) is 9.47 Å². The van der Waals surface area contributed by atoms with E-state index in [9.17, 15) is 0 Å². The van der Waals surface area contributed by atoms with Gasteiger partial charge in [0.1, 0.15) is 5.91 Å². The standard InChI is InChI=1S/C13H29ClO2Si/c1-3-15-13(16-4-2)17-12-10-8-6-5-7-9-11-14/h13H,3-12,17H2,1-2H3. The van der Waals surface area contributed by atoms with Crippen LogP contribution in [0.25, 0.3) is 0 Å². The van der Waals surface area contributed by atoms with Gasteiger partial charge in [-0.2, -0.15) is 0 Å². The molecule has 17 heavy (non-hydrogen) atoms. The molecule has 0 heterocycles. The Bertz CT molecular complexity index is 141. The zero-order valence-electron chi connectivity index (χ0n) is 11.5. The molecule has 0 aromatic heterocycles. The van der Waals surface area contributed by atoms with Crippen molar-refractivity contribution in [2.75, 3.05) is 19.1 Å². The van der Waals surface area contributed by atoms with Gasteiger partial charge >= 0.3 is 0 Å². The van der Waals surface area contributed by atoms with Crippen molar-refractivity contribution in [3.8, 4) is 0 Å². The molecule has 0 bridgehead atoms. The minimum Gasteiger partial charge on any atom is -0.357 e. The predicted molar refractivity (Wildman–Crippen MR) is 78.8 cm³/mol. The summed E-state index contributed by atoms with van der Waals surface area (Å²) in [5.74, 6) is 0.971. The number of halogens is 1. The van der Waals surface area contributed by atoms with Crippen LogP contribution in [0.1, 0.15) is 52.4 Å². The van der Waals surface area contributed by atoms with Crippen LogP contribution in [0.2, 0.25) is 6.04 Å². The maximum Gasteiger partial charge on any atom is 0.134 e. The Labute approximate surface area is 114 Å². The molecule has 0 saturated heterocycles. The Morgan fingerprint density at radius 3 is 1.94 bits per heavy atom. The molecule has 0 N–H and O–H groups in total. The van der Waals surface area contributed by atoms with Crippen LogP contribution in [-0.4, -0.2) is 34.5 Å². The quantitative estimate of drug-likeness (QED) is 0.222. The van der Waals surface area contributed by atoms with Crippen molar-refractivity contribution in [1.29, 1.82) is 0 Å². The topological polar surface area (TPSA) is 18.5 Å². The van der Waals surface area contributed by atoms with Crippen molar-refractivity contribution >= 4 is 21.1 Å². The van der Waals surface area contributed by atoms with Crippen molar-refractivity contribution in [3.63, 3.8) is 0 Å². The highest BCUT2D eigenvalue weighted by molar-refractivity contribution is 6.36. The number of rotatable bonds is 13. The molecule has 0 spiro atoms. The molecule has 0 radical (unpaired) electrons. The molecule has 0 aromatic carbocycles. The van der Waals surface area contributed by atoms with E-state index in [1.807, 2.05) is 13.8 Å². The molecule has 0 atom stereocenters. The lowest BCUT2D eigenvalue weighted by atomic mass is 10.1. The van der Waals surface area contributed by atoms with Gasteiger partial charge in [0.05, 0.1) is 9.52 Å². The summed E-state index contributed by atoms with van der Waals surface area (Å²) < 4.78 is 11.1. The van der Waals surface area contributed by atoms with Crippen LogP contribution < -0.4 is 0 Å².